The molecule has 0 atom stereocenters. The van der Waals surface area contributed by atoms with Crippen molar-refractivity contribution >= 4 is 5.69 Å². The van der Waals surface area contributed by atoms with E-state index >= 15 is 0 Å². The monoisotopic (exact) mass is 253 g/mol. The molecule has 0 aliphatic rings. The largest absolute Gasteiger partial charge is 0.398 e. The van der Waals surface area contributed by atoms with Crippen LogP contribution >= 0.6 is 0 Å². The normalized spacial score (nSPS) is 11.6. The van der Waals surface area contributed by atoms with E-state index in [2.05, 4.69) is 70.2 Å². The van der Waals surface area contributed by atoms with E-state index in [1.165, 1.54) is 22.3 Å². The van der Waals surface area contributed by atoms with E-state index in [0.29, 0.717) is 0 Å². The maximum absolute atomic E-state index is 6.07. The van der Waals surface area contributed by atoms with Crippen LogP contribution in [0.1, 0.15) is 38.8 Å². The quantitative estimate of drug-likeness (QED) is 0.765. The molecule has 0 bridgehead atoms. The molecular weight excluding hydrogens is 230 g/mol. The maximum atomic E-state index is 6.07. The standard InChI is InChI=1S/C18H23N/c1-5-13-6-7-15(12-17(13)19)14-8-10-16(11-9-14)18(2,3)4/h6-12H,5,19H2,1-4H3. The molecule has 0 heterocycles. The Morgan fingerprint density at radius 3 is 1.95 bits per heavy atom. The second-order valence-corrected chi connectivity index (χ2v) is 6.09. The van der Waals surface area contributed by atoms with Crippen LogP contribution in [0.3, 0.4) is 0 Å². The van der Waals surface area contributed by atoms with E-state index in [4.69, 9.17) is 5.73 Å². The number of rotatable bonds is 2. The third-order valence-corrected chi connectivity index (χ3v) is 3.61. The second kappa shape index (κ2) is 5.08. The van der Waals surface area contributed by atoms with Crippen molar-refractivity contribution in [1.29, 1.82) is 0 Å². The molecule has 0 unspecified atom stereocenters. The summed E-state index contributed by atoms with van der Waals surface area (Å²) in [6, 6.07) is 15.1. The van der Waals surface area contributed by atoms with E-state index in [-0.39, 0.29) is 5.41 Å². The number of hydrogen-bond acceptors (Lipinski definition) is 1. The first-order chi connectivity index (χ1) is 8.91. The predicted molar refractivity (Wildman–Crippen MR) is 84.4 cm³/mol. The van der Waals surface area contributed by atoms with Gasteiger partial charge in [-0.15, -0.1) is 0 Å². The van der Waals surface area contributed by atoms with E-state index < -0.39 is 0 Å². The van der Waals surface area contributed by atoms with Crippen molar-refractivity contribution in [3.8, 4) is 11.1 Å². The third-order valence-electron chi connectivity index (χ3n) is 3.61. The van der Waals surface area contributed by atoms with E-state index in [0.717, 1.165) is 12.1 Å². The molecule has 0 aliphatic heterocycles. The Morgan fingerprint density at radius 2 is 1.47 bits per heavy atom. The zero-order valence-corrected chi connectivity index (χ0v) is 12.3. The highest BCUT2D eigenvalue weighted by Crippen LogP contribution is 2.28. The summed E-state index contributed by atoms with van der Waals surface area (Å²) in [7, 11) is 0. The Hall–Kier alpha value is -1.76. The van der Waals surface area contributed by atoms with E-state index in [9.17, 15) is 0 Å². The summed E-state index contributed by atoms with van der Waals surface area (Å²) in [6.45, 7) is 8.83. The van der Waals surface area contributed by atoms with Gasteiger partial charge in [0.05, 0.1) is 0 Å². The van der Waals surface area contributed by atoms with Gasteiger partial charge in [0.25, 0.3) is 0 Å². The van der Waals surface area contributed by atoms with Crippen LogP contribution in [-0.2, 0) is 11.8 Å². The molecule has 2 aromatic carbocycles. The molecule has 2 aromatic rings. The maximum Gasteiger partial charge on any atom is 0.0352 e. The van der Waals surface area contributed by atoms with Gasteiger partial charge in [-0.2, -0.15) is 0 Å². The van der Waals surface area contributed by atoms with Gasteiger partial charge in [-0.1, -0.05) is 64.1 Å². The molecule has 0 aliphatic carbocycles. The molecule has 0 saturated carbocycles. The van der Waals surface area contributed by atoms with Crippen LogP contribution in [0, 0.1) is 0 Å². The van der Waals surface area contributed by atoms with Gasteiger partial charge in [-0.25, -0.2) is 0 Å². The number of nitrogen functional groups attached to an aromatic ring is 1. The molecule has 0 spiro atoms. The molecule has 100 valence electrons. The number of aryl methyl sites for hydroxylation is 1. The molecule has 0 fully saturated rings. The van der Waals surface area contributed by atoms with Crippen LogP contribution in [0.4, 0.5) is 5.69 Å². The minimum Gasteiger partial charge on any atom is -0.398 e. The fraction of sp³-hybridized carbons (Fsp3) is 0.333. The molecule has 0 amide bonds. The summed E-state index contributed by atoms with van der Waals surface area (Å²) < 4.78 is 0. The number of hydrogen-bond donors (Lipinski definition) is 1. The highest BCUT2D eigenvalue weighted by molar-refractivity contribution is 5.69. The summed E-state index contributed by atoms with van der Waals surface area (Å²) in [5, 5.41) is 0. The van der Waals surface area contributed by atoms with Crippen molar-refractivity contribution in [2.24, 2.45) is 0 Å². The molecule has 2 rings (SSSR count). The molecular formula is C18H23N. The Balaban J connectivity index is 2.35. The third kappa shape index (κ3) is 2.98. The zero-order chi connectivity index (χ0) is 14.0. The van der Waals surface area contributed by atoms with Gasteiger partial charge in [0.1, 0.15) is 0 Å². The number of benzene rings is 2. The molecule has 0 saturated heterocycles. The Kier molecular flexibility index (Phi) is 3.66. The minimum atomic E-state index is 0.198. The first-order valence-corrected chi connectivity index (χ1v) is 6.91. The molecule has 1 heteroatoms. The van der Waals surface area contributed by atoms with Crippen LogP contribution in [0.5, 0.6) is 0 Å². The van der Waals surface area contributed by atoms with Crippen LogP contribution in [0.25, 0.3) is 11.1 Å². The SMILES string of the molecule is CCc1ccc(-c2ccc(C(C)(C)C)cc2)cc1N. The van der Waals surface area contributed by atoms with Crippen LogP contribution in [0.15, 0.2) is 42.5 Å². The summed E-state index contributed by atoms with van der Waals surface area (Å²) in [5.41, 5.74) is 12.1. The molecule has 0 aromatic heterocycles. The van der Waals surface area contributed by atoms with Crippen molar-refractivity contribution in [1.82, 2.24) is 0 Å². The lowest BCUT2D eigenvalue weighted by molar-refractivity contribution is 0.590. The summed E-state index contributed by atoms with van der Waals surface area (Å²) in [5.74, 6) is 0. The Morgan fingerprint density at radius 1 is 0.895 bits per heavy atom. The molecule has 2 N–H and O–H groups in total. The Bertz CT molecular complexity index is 559. The smallest absolute Gasteiger partial charge is 0.0352 e. The fourth-order valence-corrected chi connectivity index (χ4v) is 2.26. The first-order valence-electron chi connectivity index (χ1n) is 6.91. The van der Waals surface area contributed by atoms with Crippen molar-refractivity contribution in [3.63, 3.8) is 0 Å². The molecule has 0 radical (unpaired) electrons. The van der Waals surface area contributed by atoms with Gasteiger partial charge in [0.15, 0.2) is 0 Å². The second-order valence-electron chi connectivity index (χ2n) is 6.09. The van der Waals surface area contributed by atoms with Gasteiger partial charge < -0.3 is 5.73 Å². The lowest BCUT2D eigenvalue weighted by Crippen LogP contribution is -2.10. The molecule has 19 heavy (non-hydrogen) atoms. The lowest BCUT2D eigenvalue weighted by Gasteiger charge is -2.19. The van der Waals surface area contributed by atoms with Gasteiger partial charge in [-0.05, 0) is 40.2 Å². The van der Waals surface area contributed by atoms with Crippen molar-refractivity contribution in [2.75, 3.05) is 5.73 Å². The average molecular weight is 253 g/mol. The van der Waals surface area contributed by atoms with Crippen LogP contribution in [-0.4, -0.2) is 0 Å². The number of nitrogens with two attached hydrogens (primary N) is 1. The summed E-state index contributed by atoms with van der Waals surface area (Å²) >= 11 is 0. The van der Waals surface area contributed by atoms with Gasteiger partial charge in [-0.3, -0.25) is 0 Å². The average Bonchev–Trinajstić information content (AvgIpc) is 2.38. The number of anilines is 1. The van der Waals surface area contributed by atoms with Crippen LogP contribution < -0.4 is 5.73 Å². The van der Waals surface area contributed by atoms with Gasteiger partial charge in [0.2, 0.25) is 0 Å². The topological polar surface area (TPSA) is 26.0 Å². The van der Waals surface area contributed by atoms with E-state index in [1.54, 1.807) is 0 Å². The minimum absolute atomic E-state index is 0.198. The highest BCUT2D eigenvalue weighted by Gasteiger charge is 2.13. The van der Waals surface area contributed by atoms with Crippen molar-refractivity contribution in [3.05, 3.63) is 53.6 Å². The highest BCUT2D eigenvalue weighted by atomic mass is 14.6. The van der Waals surface area contributed by atoms with Crippen molar-refractivity contribution in [2.45, 2.75) is 39.5 Å². The van der Waals surface area contributed by atoms with Gasteiger partial charge >= 0.3 is 0 Å². The lowest BCUT2D eigenvalue weighted by atomic mass is 9.86. The van der Waals surface area contributed by atoms with Crippen LogP contribution in [0.2, 0.25) is 0 Å². The predicted octanol–water partition coefficient (Wildman–Crippen LogP) is 4.80. The van der Waals surface area contributed by atoms with Gasteiger partial charge in [0, 0.05) is 5.69 Å². The zero-order valence-electron chi connectivity index (χ0n) is 12.3. The Labute approximate surface area is 116 Å². The summed E-state index contributed by atoms with van der Waals surface area (Å²) in [6.07, 6.45) is 0.981. The first kappa shape index (κ1) is 13.7. The summed E-state index contributed by atoms with van der Waals surface area (Å²) in [4.78, 5) is 0. The van der Waals surface area contributed by atoms with Crippen molar-refractivity contribution < 1.29 is 0 Å². The van der Waals surface area contributed by atoms with E-state index in [1.807, 2.05) is 0 Å². The fourth-order valence-electron chi connectivity index (χ4n) is 2.26. The molecule has 1 nitrogen and oxygen atoms in total.